The summed E-state index contributed by atoms with van der Waals surface area (Å²) in [6, 6.07) is 5.38. The fourth-order valence-corrected chi connectivity index (χ4v) is 2.86. The van der Waals surface area contributed by atoms with Gasteiger partial charge in [0.1, 0.15) is 5.75 Å². The van der Waals surface area contributed by atoms with Crippen molar-refractivity contribution in [2.75, 3.05) is 6.54 Å². The summed E-state index contributed by atoms with van der Waals surface area (Å²) in [6.07, 6.45) is 3.56. The normalized spacial score (nSPS) is 18.3. The Labute approximate surface area is 131 Å². The lowest BCUT2D eigenvalue weighted by molar-refractivity contribution is -0.129. The molecule has 1 saturated carbocycles. The number of benzene rings is 1. The van der Waals surface area contributed by atoms with E-state index in [1.807, 2.05) is 13.0 Å². The average Bonchev–Trinajstić information content (AvgIpc) is 2.92. The maximum atomic E-state index is 12.3. The van der Waals surface area contributed by atoms with Crippen molar-refractivity contribution < 1.29 is 9.53 Å². The summed E-state index contributed by atoms with van der Waals surface area (Å²) in [5.74, 6) is 0.530. The van der Waals surface area contributed by atoms with Crippen LogP contribution in [0.5, 0.6) is 5.75 Å². The molecule has 0 aromatic heterocycles. The Hall–Kier alpha value is -1.26. The Kier molecular flexibility index (Phi) is 5.12. The van der Waals surface area contributed by atoms with Crippen LogP contribution < -0.4 is 15.8 Å². The average molecular weight is 311 g/mol. The SMILES string of the molecule is Cc1cc(OC(C)C(=O)NC2(CN)CCCC2)ccc1Cl. The molecule has 0 aliphatic heterocycles. The van der Waals surface area contributed by atoms with Crippen LogP contribution in [-0.4, -0.2) is 24.1 Å². The second-order valence-corrected chi connectivity index (χ2v) is 6.26. The molecule has 5 heteroatoms. The van der Waals surface area contributed by atoms with Gasteiger partial charge in [0.25, 0.3) is 5.91 Å². The van der Waals surface area contributed by atoms with Crippen LogP contribution in [-0.2, 0) is 4.79 Å². The van der Waals surface area contributed by atoms with Gasteiger partial charge in [0, 0.05) is 11.6 Å². The number of halogens is 1. The molecule has 3 N–H and O–H groups in total. The van der Waals surface area contributed by atoms with Crippen LogP contribution in [0.2, 0.25) is 5.02 Å². The zero-order valence-corrected chi connectivity index (χ0v) is 13.4. The number of aryl methyl sites for hydroxylation is 1. The molecule has 1 aliphatic carbocycles. The van der Waals surface area contributed by atoms with Crippen LogP contribution in [0.25, 0.3) is 0 Å². The van der Waals surface area contributed by atoms with Gasteiger partial charge in [-0.2, -0.15) is 0 Å². The van der Waals surface area contributed by atoms with Crippen LogP contribution in [0.3, 0.4) is 0 Å². The molecule has 4 nitrogen and oxygen atoms in total. The Bertz CT molecular complexity index is 513. The summed E-state index contributed by atoms with van der Waals surface area (Å²) in [4.78, 5) is 12.3. The van der Waals surface area contributed by atoms with E-state index in [1.54, 1.807) is 19.1 Å². The van der Waals surface area contributed by atoms with Gasteiger partial charge in [-0.25, -0.2) is 0 Å². The number of carbonyl (C=O) groups is 1. The summed E-state index contributed by atoms with van der Waals surface area (Å²) < 4.78 is 5.70. The van der Waals surface area contributed by atoms with Crippen LogP contribution in [0.4, 0.5) is 0 Å². The van der Waals surface area contributed by atoms with Crippen molar-refractivity contribution in [3.8, 4) is 5.75 Å². The minimum Gasteiger partial charge on any atom is -0.481 e. The summed E-state index contributed by atoms with van der Waals surface area (Å²) in [6.45, 7) is 4.13. The van der Waals surface area contributed by atoms with E-state index < -0.39 is 6.10 Å². The maximum absolute atomic E-state index is 12.3. The van der Waals surface area contributed by atoms with E-state index in [0.717, 1.165) is 31.2 Å². The molecule has 1 atom stereocenters. The van der Waals surface area contributed by atoms with Crippen molar-refractivity contribution in [1.29, 1.82) is 0 Å². The largest absolute Gasteiger partial charge is 0.481 e. The van der Waals surface area contributed by atoms with Crippen LogP contribution in [0.15, 0.2) is 18.2 Å². The summed E-state index contributed by atoms with van der Waals surface area (Å²) in [5.41, 5.74) is 6.52. The molecule has 2 rings (SSSR count). The van der Waals surface area contributed by atoms with Crippen molar-refractivity contribution in [1.82, 2.24) is 5.32 Å². The molecular weight excluding hydrogens is 288 g/mol. The molecule has 0 spiro atoms. The van der Waals surface area contributed by atoms with Gasteiger partial charge in [-0.3, -0.25) is 4.79 Å². The van der Waals surface area contributed by atoms with Gasteiger partial charge in [0.05, 0.1) is 5.54 Å². The molecule has 1 aliphatic rings. The van der Waals surface area contributed by atoms with Gasteiger partial charge in [0.15, 0.2) is 6.10 Å². The predicted molar refractivity (Wildman–Crippen MR) is 84.7 cm³/mol. The smallest absolute Gasteiger partial charge is 0.261 e. The van der Waals surface area contributed by atoms with Crippen molar-refractivity contribution in [2.45, 2.75) is 51.2 Å². The molecule has 21 heavy (non-hydrogen) atoms. The standard InChI is InChI=1S/C16H23ClN2O2/c1-11-9-13(5-6-14(11)17)21-12(2)15(20)19-16(10-18)7-3-4-8-16/h5-6,9,12H,3-4,7-8,10,18H2,1-2H3,(H,19,20). The minimum atomic E-state index is -0.561. The molecular formula is C16H23ClN2O2. The second kappa shape index (κ2) is 6.67. The lowest BCUT2D eigenvalue weighted by Gasteiger charge is -2.30. The molecule has 1 fully saturated rings. The predicted octanol–water partition coefficient (Wildman–Crippen LogP) is 2.80. The lowest BCUT2D eigenvalue weighted by atomic mass is 9.97. The lowest BCUT2D eigenvalue weighted by Crippen LogP contribution is -2.54. The Morgan fingerprint density at radius 2 is 2.14 bits per heavy atom. The highest BCUT2D eigenvalue weighted by Gasteiger charge is 2.35. The molecule has 0 bridgehead atoms. The molecule has 1 aromatic rings. The first-order chi connectivity index (χ1) is 9.96. The number of carbonyl (C=O) groups excluding carboxylic acids is 1. The number of amides is 1. The number of nitrogens with one attached hydrogen (secondary N) is 1. The van der Waals surface area contributed by atoms with Gasteiger partial charge >= 0.3 is 0 Å². The number of rotatable bonds is 5. The zero-order chi connectivity index (χ0) is 15.5. The quantitative estimate of drug-likeness (QED) is 0.879. The van der Waals surface area contributed by atoms with Crippen molar-refractivity contribution in [3.63, 3.8) is 0 Å². The Balaban J connectivity index is 1.97. The van der Waals surface area contributed by atoms with Gasteiger partial charge in [-0.05, 0) is 50.5 Å². The second-order valence-electron chi connectivity index (χ2n) is 5.85. The van der Waals surface area contributed by atoms with E-state index in [-0.39, 0.29) is 11.4 Å². The number of ether oxygens (including phenoxy) is 1. The van der Waals surface area contributed by atoms with E-state index in [1.165, 1.54) is 0 Å². The Morgan fingerprint density at radius 1 is 1.48 bits per heavy atom. The topological polar surface area (TPSA) is 64.3 Å². The van der Waals surface area contributed by atoms with Crippen LogP contribution >= 0.6 is 11.6 Å². The van der Waals surface area contributed by atoms with Crippen LogP contribution in [0.1, 0.15) is 38.2 Å². The number of nitrogens with two attached hydrogens (primary N) is 1. The van der Waals surface area contributed by atoms with Gasteiger partial charge in [-0.1, -0.05) is 24.4 Å². The molecule has 1 unspecified atom stereocenters. The fourth-order valence-electron chi connectivity index (χ4n) is 2.74. The molecule has 0 heterocycles. The summed E-state index contributed by atoms with van der Waals surface area (Å²) >= 11 is 5.98. The van der Waals surface area contributed by atoms with Gasteiger partial charge in [-0.15, -0.1) is 0 Å². The van der Waals surface area contributed by atoms with E-state index >= 15 is 0 Å². The minimum absolute atomic E-state index is 0.116. The van der Waals surface area contributed by atoms with E-state index in [9.17, 15) is 4.79 Å². The third-order valence-electron chi connectivity index (χ3n) is 4.15. The third-order valence-corrected chi connectivity index (χ3v) is 4.58. The first-order valence-electron chi connectivity index (χ1n) is 7.41. The number of hydrogen-bond donors (Lipinski definition) is 2. The fraction of sp³-hybridized carbons (Fsp3) is 0.562. The van der Waals surface area contributed by atoms with E-state index in [0.29, 0.717) is 17.3 Å². The molecule has 116 valence electrons. The Morgan fingerprint density at radius 3 is 2.71 bits per heavy atom. The molecule has 0 saturated heterocycles. The first-order valence-corrected chi connectivity index (χ1v) is 7.78. The van der Waals surface area contributed by atoms with Gasteiger partial charge < -0.3 is 15.8 Å². The summed E-state index contributed by atoms with van der Waals surface area (Å²) in [7, 11) is 0. The van der Waals surface area contributed by atoms with E-state index in [4.69, 9.17) is 22.1 Å². The van der Waals surface area contributed by atoms with Gasteiger partial charge in [0.2, 0.25) is 0 Å². The molecule has 1 amide bonds. The monoisotopic (exact) mass is 310 g/mol. The highest BCUT2D eigenvalue weighted by atomic mass is 35.5. The highest BCUT2D eigenvalue weighted by Crippen LogP contribution is 2.29. The third kappa shape index (κ3) is 3.89. The number of hydrogen-bond acceptors (Lipinski definition) is 3. The first kappa shape index (κ1) is 16.1. The molecule has 0 radical (unpaired) electrons. The van der Waals surface area contributed by atoms with Crippen LogP contribution in [0, 0.1) is 6.92 Å². The summed E-state index contributed by atoms with van der Waals surface area (Å²) in [5, 5.41) is 3.76. The zero-order valence-electron chi connectivity index (χ0n) is 12.6. The maximum Gasteiger partial charge on any atom is 0.261 e. The van der Waals surface area contributed by atoms with Crippen molar-refractivity contribution in [2.24, 2.45) is 5.73 Å². The van der Waals surface area contributed by atoms with E-state index in [2.05, 4.69) is 5.32 Å². The molecule has 1 aromatic carbocycles. The highest BCUT2D eigenvalue weighted by molar-refractivity contribution is 6.31. The van der Waals surface area contributed by atoms with Crippen molar-refractivity contribution in [3.05, 3.63) is 28.8 Å². The van der Waals surface area contributed by atoms with Crippen molar-refractivity contribution >= 4 is 17.5 Å².